The molecule has 30 heavy (non-hydrogen) atoms. The molecule has 0 unspecified atom stereocenters. The van der Waals surface area contributed by atoms with Crippen molar-refractivity contribution in [3.8, 4) is 0 Å². The molecular formula is C21H33N5O3S. The third-order valence-corrected chi connectivity index (χ3v) is 7.84. The lowest BCUT2D eigenvalue weighted by molar-refractivity contribution is -0.138. The van der Waals surface area contributed by atoms with E-state index in [2.05, 4.69) is 15.6 Å². The Labute approximate surface area is 179 Å². The summed E-state index contributed by atoms with van der Waals surface area (Å²) < 4.78 is 27.1. The number of benzene rings is 1. The summed E-state index contributed by atoms with van der Waals surface area (Å²) in [5.41, 5.74) is 1.44. The van der Waals surface area contributed by atoms with Gasteiger partial charge in [-0.15, -0.1) is 0 Å². The monoisotopic (exact) mass is 435 g/mol. The third kappa shape index (κ3) is 4.71. The Morgan fingerprint density at radius 1 is 1.20 bits per heavy atom. The van der Waals surface area contributed by atoms with Gasteiger partial charge in [0, 0.05) is 40.8 Å². The van der Waals surface area contributed by atoms with Gasteiger partial charge >= 0.3 is 0 Å². The fourth-order valence-corrected chi connectivity index (χ4v) is 5.90. The fourth-order valence-electron chi connectivity index (χ4n) is 4.47. The van der Waals surface area contributed by atoms with Crippen molar-refractivity contribution in [3.63, 3.8) is 0 Å². The highest BCUT2D eigenvalue weighted by Gasteiger charge is 2.42. The van der Waals surface area contributed by atoms with Crippen LogP contribution in [0.2, 0.25) is 0 Å². The average Bonchev–Trinajstić information content (AvgIpc) is 3.38. The predicted molar refractivity (Wildman–Crippen MR) is 120 cm³/mol. The topological polar surface area (TPSA) is 94.1 Å². The smallest absolute Gasteiger partial charge is 0.236 e. The van der Waals surface area contributed by atoms with E-state index < -0.39 is 15.4 Å². The van der Waals surface area contributed by atoms with E-state index in [-0.39, 0.29) is 18.2 Å². The molecular weight excluding hydrogens is 402 g/mol. The summed E-state index contributed by atoms with van der Waals surface area (Å²) in [6, 6.07) is 7.63. The van der Waals surface area contributed by atoms with Gasteiger partial charge in [-0.25, -0.2) is 8.42 Å². The Kier molecular flexibility index (Phi) is 6.90. The number of nitrogens with one attached hydrogen (secondary N) is 2. The molecule has 2 aliphatic rings. The number of nitrogens with zero attached hydrogens (tertiary/aromatic N) is 3. The van der Waals surface area contributed by atoms with Crippen LogP contribution in [0.3, 0.4) is 0 Å². The standard InChI is InChI=1S/C21H33N5O3S/c1-22-20(24-16-21(11-6-7-12-21)19(27)25(2)3)23-13-15-30(28,29)26-14-10-17-8-4-5-9-18(17)26/h4-5,8-9H,6-7,10-16H2,1-3H3,(H2,22,23,24). The van der Waals surface area contributed by atoms with Crippen molar-refractivity contribution in [2.45, 2.75) is 32.1 Å². The quantitative estimate of drug-likeness (QED) is 0.496. The molecule has 1 aliphatic heterocycles. The molecule has 3 rings (SSSR count). The number of fused-ring (bicyclic) bond motifs is 1. The van der Waals surface area contributed by atoms with Crippen LogP contribution in [0.25, 0.3) is 0 Å². The van der Waals surface area contributed by atoms with Crippen LogP contribution in [-0.4, -0.2) is 71.7 Å². The number of carbonyl (C=O) groups excluding carboxylic acids is 1. The van der Waals surface area contributed by atoms with Crippen LogP contribution < -0.4 is 14.9 Å². The lowest BCUT2D eigenvalue weighted by atomic mass is 9.84. The molecule has 1 aliphatic carbocycles. The minimum atomic E-state index is -3.42. The average molecular weight is 436 g/mol. The van der Waals surface area contributed by atoms with Gasteiger partial charge in [-0.1, -0.05) is 31.0 Å². The number of para-hydroxylation sites is 1. The van der Waals surface area contributed by atoms with Gasteiger partial charge in [0.05, 0.1) is 16.9 Å². The van der Waals surface area contributed by atoms with Gasteiger partial charge in [-0.3, -0.25) is 14.1 Å². The van der Waals surface area contributed by atoms with Crippen molar-refractivity contribution in [1.82, 2.24) is 15.5 Å². The normalized spacial score (nSPS) is 18.2. The van der Waals surface area contributed by atoms with Crippen LogP contribution >= 0.6 is 0 Å². The second kappa shape index (κ2) is 9.24. The van der Waals surface area contributed by atoms with Crippen molar-refractivity contribution in [1.29, 1.82) is 0 Å². The predicted octanol–water partition coefficient (Wildman–Crippen LogP) is 1.19. The van der Waals surface area contributed by atoms with Crippen LogP contribution in [0.1, 0.15) is 31.2 Å². The minimum Gasteiger partial charge on any atom is -0.355 e. The molecule has 0 bridgehead atoms. The molecule has 9 heteroatoms. The van der Waals surface area contributed by atoms with Crippen LogP contribution in [0.5, 0.6) is 0 Å². The highest BCUT2D eigenvalue weighted by molar-refractivity contribution is 7.92. The summed E-state index contributed by atoms with van der Waals surface area (Å²) in [7, 11) is 1.81. The van der Waals surface area contributed by atoms with E-state index in [1.165, 1.54) is 4.31 Å². The van der Waals surface area contributed by atoms with Gasteiger partial charge in [0.2, 0.25) is 15.9 Å². The number of sulfonamides is 1. The lowest BCUT2D eigenvalue weighted by Crippen LogP contribution is -2.50. The Bertz CT molecular complexity index is 892. The molecule has 1 amide bonds. The Balaban J connectivity index is 1.54. The molecule has 0 spiro atoms. The van der Waals surface area contributed by atoms with Crippen molar-refractivity contribution < 1.29 is 13.2 Å². The van der Waals surface area contributed by atoms with E-state index in [1.807, 2.05) is 24.3 Å². The van der Waals surface area contributed by atoms with E-state index in [0.717, 1.165) is 43.4 Å². The molecule has 1 aromatic rings. The van der Waals surface area contributed by atoms with E-state index in [1.54, 1.807) is 26.0 Å². The zero-order valence-electron chi connectivity index (χ0n) is 18.1. The Hall–Kier alpha value is -2.29. The van der Waals surface area contributed by atoms with Gasteiger partial charge in [-0.05, 0) is 30.9 Å². The van der Waals surface area contributed by atoms with Crippen molar-refractivity contribution >= 4 is 27.6 Å². The van der Waals surface area contributed by atoms with E-state index in [9.17, 15) is 13.2 Å². The molecule has 1 aromatic carbocycles. The third-order valence-electron chi connectivity index (χ3n) is 6.07. The van der Waals surface area contributed by atoms with Gasteiger partial charge in [0.15, 0.2) is 5.96 Å². The molecule has 1 fully saturated rings. The number of aliphatic imine (C=N–C) groups is 1. The Morgan fingerprint density at radius 3 is 2.57 bits per heavy atom. The molecule has 166 valence electrons. The summed E-state index contributed by atoms with van der Waals surface area (Å²) in [5.74, 6) is 0.632. The van der Waals surface area contributed by atoms with Crippen molar-refractivity contribution in [2.75, 3.05) is 50.8 Å². The fraction of sp³-hybridized carbons (Fsp3) is 0.619. The van der Waals surface area contributed by atoms with E-state index >= 15 is 0 Å². The summed E-state index contributed by atoms with van der Waals surface area (Å²) in [6.45, 7) is 1.23. The maximum absolute atomic E-state index is 12.8. The lowest BCUT2D eigenvalue weighted by Gasteiger charge is -2.31. The molecule has 8 nitrogen and oxygen atoms in total. The highest BCUT2D eigenvalue weighted by atomic mass is 32.2. The maximum atomic E-state index is 12.8. The zero-order valence-corrected chi connectivity index (χ0v) is 19.0. The molecule has 2 N–H and O–H groups in total. The zero-order chi connectivity index (χ0) is 21.8. The number of guanidine groups is 1. The second-order valence-corrected chi connectivity index (χ2v) is 10.3. The number of amides is 1. The number of rotatable bonds is 7. The number of carbonyl (C=O) groups is 1. The molecule has 1 heterocycles. The van der Waals surface area contributed by atoms with Crippen molar-refractivity contribution in [2.24, 2.45) is 10.4 Å². The van der Waals surface area contributed by atoms with E-state index in [0.29, 0.717) is 19.0 Å². The minimum absolute atomic E-state index is 0.0240. The molecule has 0 aromatic heterocycles. The number of hydrogen-bond donors (Lipinski definition) is 2. The number of anilines is 1. The van der Waals surface area contributed by atoms with Gasteiger partial charge < -0.3 is 15.5 Å². The van der Waals surface area contributed by atoms with Gasteiger partial charge in [0.1, 0.15) is 0 Å². The summed E-state index contributed by atoms with van der Waals surface area (Å²) in [6.07, 6.45) is 4.55. The molecule has 0 saturated heterocycles. The molecule has 1 saturated carbocycles. The van der Waals surface area contributed by atoms with E-state index in [4.69, 9.17) is 0 Å². The molecule has 0 radical (unpaired) electrons. The number of hydrogen-bond acceptors (Lipinski definition) is 4. The van der Waals surface area contributed by atoms with Crippen LogP contribution in [-0.2, 0) is 21.2 Å². The first-order valence-corrected chi connectivity index (χ1v) is 12.1. The first-order chi connectivity index (χ1) is 14.3. The molecule has 0 atom stereocenters. The highest BCUT2D eigenvalue weighted by Crippen LogP contribution is 2.38. The SMILES string of the molecule is CN=C(NCCS(=O)(=O)N1CCc2ccccc21)NCC1(C(=O)N(C)C)CCCC1. The summed E-state index contributed by atoms with van der Waals surface area (Å²) >= 11 is 0. The summed E-state index contributed by atoms with van der Waals surface area (Å²) in [4.78, 5) is 18.6. The maximum Gasteiger partial charge on any atom is 0.236 e. The largest absolute Gasteiger partial charge is 0.355 e. The second-order valence-electron chi connectivity index (χ2n) is 8.31. The van der Waals surface area contributed by atoms with Crippen molar-refractivity contribution in [3.05, 3.63) is 29.8 Å². The first kappa shape index (κ1) is 22.4. The van der Waals surface area contributed by atoms with Gasteiger partial charge in [-0.2, -0.15) is 0 Å². The Morgan fingerprint density at radius 2 is 1.90 bits per heavy atom. The van der Waals surface area contributed by atoms with Crippen LogP contribution in [0.4, 0.5) is 5.69 Å². The first-order valence-electron chi connectivity index (χ1n) is 10.5. The van der Waals surface area contributed by atoms with Gasteiger partial charge in [0.25, 0.3) is 0 Å². The summed E-state index contributed by atoms with van der Waals surface area (Å²) in [5, 5.41) is 6.33. The van der Waals surface area contributed by atoms with Crippen LogP contribution in [0, 0.1) is 5.41 Å². The van der Waals surface area contributed by atoms with Crippen LogP contribution in [0.15, 0.2) is 29.3 Å².